The van der Waals surface area contributed by atoms with E-state index in [9.17, 15) is 4.79 Å². The highest BCUT2D eigenvalue weighted by Gasteiger charge is 2.33. The minimum Gasteiger partial charge on any atom is -0.368 e. The summed E-state index contributed by atoms with van der Waals surface area (Å²) in [5.41, 5.74) is 0.543. The highest BCUT2D eigenvalue weighted by Crippen LogP contribution is 2.28. The molecule has 7 nitrogen and oxygen atoms in total. The highest BCUT2D eigenvalue weighted by molar-refractivity contribution is 5.94. The van der Waals surface area contributed by atoms with E-state index in [2.05, 4.69) is 15.3 Å². The number of anilines is 1. The summed E-state index contributed by atoms with van der Waals surface area (Å²) in [6.07, 6.45) is 5.76. The lowest BCUT2D eigenvalue weighted by molar-refractivity contribution is 0.0779. The predicted octanol–water partition coefficient (Wildman–Crippen LogP) is 1.14. The molecule has 3 heterocycles. The second kappa shape index (κ2) is 6.37. The van der Waals surface area contributed by atoms with Gasteiger partial charge < -0.3 is 19.5 Å². The van der Waals surface area contributed by atoms with Crippen LogP contribution in [0.25, 0.3) is 0 Å². The van der Waals surface area contributed by atoms with Crippen molar-refractivity contribution < 1.29 is 9.53 Å². The van der Waals surface area contributed by atoms with Gasteiger partial charge in [-0.1, -0.05) is 0 Å². The van der Waals surface area contributed by atoms with Crippen LogP contribution in [0, 0.1) is 0 Å². The predicted molar refractivity (Wildman–Crippen MR) is 86.3 cm³/mol. The number of pyridine rings is 1. The van der Waals surface area contributed by atoms with E-state index in [0.29, 0.717) is 12.2 Å². The van der Waals surface area contributed by atoms with Gasteiger partial charge in [-0.2, -0.15) is 0 Å². The molecule has 1 aliphatic rings. The molecule has 122 valence electrons. The molecule has 0 radical (unpaired) electrons. The first-order valence-electron chi connectivity index (χ1n) is 7.59. The van der Waals surface area contributed by atoms with E-state index in [-0.39, 0.29) is 18.1 Å². The third kappa shape index (κ3) is 3.19. The average Bonchev–Trinajstić information content (AvgIpc) is 3.15. The van der Waals surface area contributed by atoms with Crippen LogP contribution in [0.3, 0.4) is 0 Å². The van der Waals surface area contributed by atoms with Crippen molar-refractivity contribution in [3.05, 3.63) is 42.1 Å². The zero-order valence-electron chi connectivity index (χ0n) is 13.6. The lowest BCUT2D eigenvalue weighted by Crippen LogP contribution is -2.37. The van der Waals surface area contributed by atoms with Crippen molar-refractivity contribution in [3.8, 4) is 0 Å². The monoisotopic (exact) mass is 315 g/mol. The minimum absolute atomic E-state index is 0.0860. The molecule has 2 atom stereocenters. The largest absolute Gasteiger partial charge is 0.368 e. The summed E-state index contributed by atoms with van der Waals surface area (Å²) < 4.78 is 7.68. The number of imidazole rings is 1. The maximum atomic E-state index is 12.4. The van der Waals surface area contributed by atoms with Crippen molar-refractivity contribution in [3.63, 3.8) is 0 Å². The summed E-state index contributed by atoms with van der Waals surface area (Å²) >= 11 is 0. The molecule has 0 saturated carbocycles. The molecule has 0 aliphatic carbocycles. The van der Waals surface area contributed by atoms with Crippen molar-refractivity contribution in [1.29, 1.82) is 0 Å². The Morgan fingerprint density at radius 2 is 2.22 bits per heavy atom. The lowest BCUT2D eigenvalue weighted by Gasteiger charge is -2.19. The molecule has 2 aromatic heterocycles. The number of nitrogens with zero attached hydrogens (tertiary/aromatic N) is 4. The first-order valence-corrected chi connectivity index (χ1v) is 7.59. The fourth-order valence-corrected chi connectivity index (χ4v) is 2.68. The van der Waals surface area contributed by atoms with E-state index in [1.54, 1.807) is 18.5 Å². The Kier molecular flexibility index (Phi) is 4.29. The highest BCUT2D eigenvalue weighted by atomic mass is 16.5. The van der Waals surface area contributed by atoms with Gasteiger partial charge in [0.05, 0.1) is 11.6 Å². The van der Waals surface area contributed by atoms with E-state index in [4.69, 9.17) is 4.74 Å². The molecular weight excluding hydrogens is 294 g/mol. The molecule has 1 aliphatic heterocycles. The number of ether oxygens (including phenoxy) is 1. The Balaban J connectivity index is 1.70. The zero-order chi connectivity index (χ0) is 16.4. The minimum atomic E-state index is -0.215. The van der Waals surface area contributed by atoms with Crippen LogP contribution in [-0.4, -0.2) is 47.2 Å². The van der Waals surface area contributed by atoms with Gasteiger partial charge in [-0.15, -0.1) is 0 Å². The number of hydrogen-bond acceptors (Lipinski definition) is 5. The average molecular weight is 315 g/mol. The SMILES string of the molecule is CN(C)c1ccc(C(=O)N[C@H]2CCO[C@@H]2c2nccn2C)cn1. The Morgan fingerprint density at radius 1 is 1.39 bits per heavy atom. The second-order valence-electron chi connectivity index (χ2n) is 5.86. The number of amides is 1. The number of nitrogens with one attached hydrogen (secondary N) is 1. The van der Waals surface area contributed by atoms with Gasteiger partial charge in [0.1, 0.15) is 17.7 Å². The van der Waals surface area contributed by atoms with Gasteiger partial charge in [0.25, 0.3) is 5.91 Å². The van der Waals surface area contributed by atoms with Gasteiger partial charge in [0, 0.05) is 46.3 Å². The first-order chi connectivity index (χ1) is 11.1. The second-order valence-corrected chi connectivity index (χ2v) is 5.86. The van der Waals surface area contributed by atoms with E-state index >= 15 is 0 Å². The summed E-state index contributed by atoms with van der Waals surface area (Å²) in [5, 5.41) is 3.04. The molecule has 1 amide bonds. The number of rotatable bonds is 4. The lowest BCUT2D eigenvalue weighted by atomic mass is 10.1. The fraction of sp³-hybridized carbons (Fsp3) is 0.438. The van der Waals surface area contributed by atoms with Crippen molar-refractivity contribution in [2.24, 2.45) is 7.05 Å². The van der Waals surface area contributed by atoms with E-state index in [1.807, 2.05) is 42.9 Å². The molecule has 0 bridgehead atoms. The van der Waals surface area contributed by atoms with Crippen LogP contribution in [-0.2, 0) is 11.8 Å². The standard InChI is InChI=1S/C16H21N5O2/c1-20(2)13-5-4-11(10-18-13)16(22)19-12-6-9-23-14(12)15-17-7-8-21(15)3/h4-5,7-8,10,12,14H,6,9H2,1-3H3,(H,19,22)/t12-,14-/m0/s1. The molecule has 23 heavy (non-hydrogen) atoms. The van der Waals surface area contributed by atoms with Gasteiger partial charge in [0.2, 0.25) is 0 Å². The van der Waals surface area contributed by atoms with Gasteiger partial charge in [-0.05, 0) is 18.6 Å². The maximum Gasteiger partial charge on any atom is 0.253 e. The van der Waals surface area contributed by atoms with Gasteiger partial charge in [0.15, 0.2) is 0 Å². The Bertz CT molecular complexity index is 680. The summed E-state index contributed by atoms with van der Waals surface area (Å²) in [5.74, 6) is 1.50. The van der Waals surface area contributed by atoms with Crippen molar-refractivity contribution in [2.45, 2.75) is 18.6 Å². The molecule has 3 rings (SSSR count). The van der Waals surface area contributed by atoms with Crippen molar-refractivity contribution in [2.75, 3.05) is 25.6 Å². The molecule has 2 aromatic rings. The third-order valence-electron chi connectivity index (χ3n) is 3.99. The summed E-state index contributed by atoms with van der Waals surface area (Å²) in [4.78, 5) is 22.9. The van der Waals surface area contributed by atoms with Crippen molar-refractivity contribution in [1.82, 2.24) is 19.9 Å². The molecule has 1 saturated heterocycles. The Labute approximate surface area is 135 Å². The third-order valence-corrected chi connectivity index (χ3v) is 3.99. The molecule has 7 heteroatoms. The smallest absolute Gasteiger partial charge is 0.253 e. The van der Waals surface area contributed by atoms with Gasteiger partial charge >= 0.3 is 0 Å². The number of hydrogen-bond donors (Lipinski definition) is 1. The maximum absolute atomic E-state index is 12.4. The van der Waals surface area contributed by atoms with E-state index in [0.717, 1.165) is 18.1 Å². The summed E-state index contributed by atoms with van der Waals surface area (Å²) in [6, 6.07) is 3.52. The van der Waals surface area contributed by atoms with E-state index < -0.39 is 0 Å². The Hall–Kier alpha value is -2.41. The number of aromatic nitrogens is 3. The van der Waals surface area contributed by atoms with Crippen molar-refractivity contribution >= 4 is 11.7 Å². The van der Waals surface area contributed by atoms with Gasteiger partial charge in [-0.25, -0.2) is 9.97 Å². The molecule has 0 aromatic carbocycles. The molecule has 1 N–H and O–H groups in total. The van der Waals surface area contributed by atoms with Gasteiger partial charge in [-0.3, -0.25) is 4.79 Å². The van der Waals surface area contributed by atoms with Crippen LogP contribution in [0.2, 0.25) is 0 Å². The zero-order valence-corrected chi connectivity index (χ0v) is 13.6. The Morgan fingerprint density at radius 3 is 2.83 bits per heavy atom. The molecule has 0 spiro atoms. The normalized spacial score (nSPS) is 20.5. The van der Waals surface area contributed by atoms with Crippen LogP contribution in [0.15, 0.2) is 30.7 Å². The van der Waals surface area contributed by atoms with Crippen LogP contribution in [0.4, 0.5) is 5.82 Å². The number of carbonyl (C=O) groups excluding carboxylic acids is 1. The summed E-state index contributed by atoms with van der Waals surface area (Å²) in [7, 11) is 5.75. The number of carbonyl (C=O) groups is 1. The summed E-state index contributed by atoms with van der Waals surface area (Å²) in [6.45, 7) is 0.611. The van der Waals surface area contributed by atoms with E-state index in [1.165, 1.54) is 0 Å². The molecule has 1 fully saturated rings. The topological polar surface area (TPSA) is 72.3 Å². The number of aryl methyl sites for hydroxylation is 1. The van der Waals surface area contributed by atoms with Crippen LogP contribution < -0.4 is 10.2 Å². The quantitative estimate of drug-likeness (QED) is 0.916. The van der Waals surface area contributed by atoms with Crippen LogP contribution in [0.5, 0.6) is 0 Å². The first kappa shape index (κ1) is 15.5. The van der Waals surface area contributed by atoms with Crippen LogP contribution in [0.1, 0.15) is 28.7 Å². The molecular formula is C16H21N5O2. The fourth-order valence-electron chi connectivity index (χ4n) is 2.68. The van der Waals surface area contributed by atoms with Crippen LogP contribution >= 0.6 is 0 Å². The molecule has 0 unspecified atom stereocenters.